The number of pyridine rings is 1. The van der Waals surface area contributed by atoms with Crippen molar-refractivity contribution in [3.8, 4) is 0 Å². The molecule has 5 nitrogen and oxygen atoms in total. The van der Waals surface area contributed by atoms with Crippen LogP contribution in [-0.2, 0) is 6.42 Å². The van der Waals surface area contributed by atoms with Gasteiger partial charge >= 0.3 is 0 Å². The molecular weight excluding hydrogens is 284 g/mol. The van der Waals surface area contributed by atoms with Crippen molar-refractivity contribution in [3.05, 3.63) is 45.3 Å². The summed E-state index contributed by atoms with van der Waals surface area (Å²) in [5.74, 6) is 5.73. The summed E-state index contributed by atoms with van der Waals surface area (Å²) < 4.78 is 0. The van der Waals surface area contributed by atoms with Crippen molar-refractivity contribution in [2.45, 2.75) is 33.2 Å². The van der Waals surface area contributed by atoms with E-state index in [4.69, 9.17) is 5.84 Å². The van der Waals surface area contributed by atoms with Crippen molar-refractivity contribution >= 4 is 23.1 Å². The third-order valence-corrected chi connectivity index (χ3v) is 4.07. The highest BCUT2D eigenvalue weighted by Crippen LogP contribution is 2.17. The zero-order chi connectivity index (χ0) is 15.4. The molecule has 0 spiro atoms. The van der Waals surface area contributed by atoms with Crippen LogP contribution < -0.4 is 16.6 Å². The molecule has 2 aromatic rings. The number of amides is 1. The van der Waals surface area contributed by atoms with Crippen LogP contribution in [0, 0.1) is 13.8 Å². The molecule has 112 valence electrons. The van der Waals surface area contributed by atoms with Crippen LogP contribution in [0.15, 0.2) is 24.3 Å². The highest BCUT2D eigenvalue weighted by atomic mass is 32.1. The van der Waals surface area contributed by atoms with E-state index in [1.54, 1.807) is 23.5 Å². The van der Waals surface area contributed by atoms with Gasteiger partial charge in [-0.3, -0.25) is 4.79 Å². The maximum atomic E-state index is 12.3. The van der Waals surface area contributed by atoms with Crippen LogP contribution in [0.5, 0.6) is 0 Å². The van der Waals surface area contributed by atoms with Crippen molar-refractivity contribution in [2.75, 3.05) is 5.43 Å². The smallest absolute Gasteiger partial charge is 0.251 e. The summed E-state index contributed by atoms with van der Waals surface area (Å²) in [5.41, 5.74) is 3.78. The molecule has 0 aliphatic carbocycles. The number of hydrogen-bond acceptors (Lipinski definition) is 5. The van der Waals surface area contributed by atoms with Crippen LogP contribution in [0.1, 0.15) is 32.7 Å². The first-order chi connectivity index (χ1) is 9.97. The first-order valence-corrected chi connectivity index (χ1v) is 7.61. The minimum atomic E-state index is -0.113. The van der Waals surface area contributed by atoms with Gasteiger partial charge in [-0.25, -0.2) is 10.8 Å². The Morgan fingerprint density at radius 2 is 2.14 bits per heavy atom. The molecule has 21 heavy (non-hydrogen) atoms. The highest BCUT2D eigenvalue weighted by Gasteiger charge is 2.12. The molecule has 0 radical (unpaired) electrons. The average Bonchev–Trinajstić information content (AvgIpc) is 2.83. The van der Waals surface area contributed by atoms with Gasteiger partial charge in [0.15, 0.2) is 0 Å². The largest absolute Gasteiger partial charge is 0.349 e. The minimum Gasteiger partial charge on any atom is -0.349 e. The number of anilines is 1. The normalized spacial score (nSPS) is 12.0. The molecule has 6 heteroatoms. The van der Waals surface area contributed by atoms with Gasteiger partial charge < -0.3 is 10.7 Å². The Hall–Kier alpha value is -1.92. The van der Waals surface area contributed by atoms with Gasteiger partial charge in [0, 0.05) is 33.5 Å². The van der Waals surface area contributed by atoms with E-state index in [2.05, 4.69) is 34.8 Å². The number of hydrogen-bond donors (Lipinski definition) is 3. The number of aromatic nitrogens is 1. The molecule has 0 aromatic carbocycles. The summed E-state index contributed by atoms with van der Waals surface area (Å²) in [6.45, 7) is 5.91. The van der Waals surface area contributed by atoms with Crippen LogP contribution in [0.3, 0.4) is 0 Å². The topological polar surface area (TPSA) is 80.0 Å². The Balaban J connectivity index is 2.02. The fraction of sp³-hybridized carbons (Fsp3) is 0.333. The number of nitrogens with two attached hydrogens (primary N) is 1. The van der Waals surface area contributed by atoms with Gasteiger partial charge in [0.1, 0.15) is 5.82 Å². The molecule has 0 aliphatic heterocycles. The third-order valence-electron chi connectivity index (χ3n) is 3.04. The molecule has 1 unspecified atom stereocenters. The molecule has 0 bridgehead atoms. The number of nitrogen functional groups attached to an aromatic ring is 1. The number of hydrazine groups is 1. The van der Waals surface area contributed by atoms with Gasteiger partial charge in [-0.2, -0.15) is 0 Å². The monoisotopic (exact) mass is 304 g/mol. The Morgan fingerprint density at radius 1 is 1.38 bits per heavy atom. The minimum absolute atomic E-state index is 0.0679. The summed E-state index contributed by atoms with van der Waals surface area (Å²) in [5, 5.41) is 3.00. The highest BCUT2D eigenvalue weighted by molar-refractivity contribution is 7.11. The van der Waals surface area contributed by atoms with E-state index in [-0.39, 0.29) is 11.9 Å². The van der Waals surface area contributed by atoms with Gasteiger partial charge in [0.05, 0.1) is 0 Å². The molecule has 0 fully saturated rings. The molecule has 0 aliphatic rings. The summed E-state index contributed by atoms with van der Waals surface area (Å²) in [6.07, 6.45) is 0.830. The second-order valence-electron chi connectivity index (χ2n) is 5.12. The number of aryl methyl sites for hydroxylation is 2. The fourth-order valence-corrected chi connectivity index (χ4v) is 3.15. The lowest BCUT2D eigenvalue weighted by atomic mass is 10.1. The van der Waals surface area contributed by atoms with Crippen molar-refractivity contribution in [2.24, 2.45) is 5.84 Å². The van der Waals surface area contributed by atoms with E-state index >= 15 is 0 Å². The number of nitrogens with zero attached hydrogens (tertiary/aromatic N) is 1. The SMILES string of the molecule is Cc1cc(C(=O)NC(C)Cc2ccc(C)s2)cc(NN)n1. The van der Waals surface area contributed by atoms with Crippen molar-refractivity contribution < 1.29 is 4.79 Å². The lowest BCUT2D eigenvalue weighted by Gasteiger charge is -2.13. The molecular formula is C15H20N4OS. The fourth-order valence-electron chi connectivity index (χ4n) is 2.13. The number of rotatable bonds is 5. The van der Waals surface area contributed by atoms with Crippen LogP contribution in [0.25, 0.3) is 0 Å². The van der Waals surface area contributed by atoms with E-state index in [0.717, 1.165) is 12.1 Å². The summed E-state index contributed by atoms with van der Waals surface area (Å²) in [6, 6.07) is 7.66. The standard InChI is InChI=1S/C15H20N4OS/c1-9-6-12(8-14(17-9)19-16)15(20)18-10(2)7-13-5-4-11(3)21-13/h4-6,8,10H,7,16H2,1-3H3,(H,17,19)(H,18,20). The Labute approximate surface area is 128 Å². The second kappa shape index (κ2) is 6.69. The Bertz CT molecular complexity index is 638. The maximum absolute atomic E-state index is 12.3. The third kappa shape index (κ3) is 4.27. The van der Waals surface area contributed by atoms with Crippen LogP contribution in [-0.4, -0.2) is 16.9 Å². The average molecular weight is 304 g/mol. The number of nitrogens with one attached hydrogen (secondary N) is 2. The van der Waals surface area contributed by atoms with Crippen molar-refractivity contribution in [1.29, 1.82) is 0 Å². The van der Waals surface area contributed by atoms with Gasteiger partial charge in [-0.1, -0.05) is 0 Å². The quantitative estimate of drug-likeness (QED) is 0.585. The van der Waals surface area contributed by atoms with E-state index in [0.29, 0.717) is 11.4 Å². The molecule has 0 saturated carbocycles. The van der Waals surface area contributed by atoms with Gasteiger partial charge in [0.25, 0.3) is 5.91 Å². The molecule has 2 rings (SSSR count). The van der Waals surface area contributed by atoms with E-state index < -0.39 is 0 Å². The Morgan fingerprint density at radius 3 is 2.76 bits per heavy atom. The van der Waals surface area contributed by atoms with E-state index in [9.17, 15) is 4.79 Å². The first kappa shape index (κ1) is 15.5. The van der Waals surface area contributed by atoms with Crippen molar-refractivity contribution in [1.82, 2.24) is 10.3 Å². The molecule has 2 heterocycles. The lowest BCUT2D eigenvalue weighted by Crippen LogP contribution is -2.34. The molecule has 1 amide bonds. The van der Waals surface area contributed by atoms with Crippen LogP contribution in [0.2, 0.25) is 0 Å². The number of carbonyl (C=O) groups excluding carboxylic acids is 1. The molecule has 0 saturated heterocycles. The van der Waals surface area contributed by atoms with E-state index in [1.165, 1.54) is 9.75 Å². The number of carbonyl (C=O) groups is 1. The van der Waals surface area contributed by atoms with Crippen LogP contribution >= 0.6 is 11.3 Å². The Kier molecular flexibility index (Phi) is 4.93. The summed E-state index contributed by atoms with van der Waals surface area (Å²) >= 11 is 1.76. The van der Waals surface area contributed by atoms with Crippen molar-refractivity contribution in [3.63, 3.8) is 0 Å². The summed E-state index contributed by atoms with van der Waals surface area (Å²) in [7, 11) is 0. The number of thiophene rings is 1. The first-order valence-electron chi connectivity index (χ1n) is 6.79. The van der Waals surface area contributed by atoms with Crippen LogP contribution in [0.4, 0.5) is 5.82 Å². The summed E-state index contributed by atoms with van der Waals surface area (Å²) in [4.78, 5) is 19.0. The van der Waals surface area contributed by atoms with Gasteiger partial charge in [-0.05, 0) is 45.0 Å². The zero-order valence-electron chi connectivity index (χ0n) is 12.4. The predicted octanol–water partition coefficient (Wildman–Crippen LogP) is 2.41. The molecule has 1 atom stereocenters. The van der Waals surface area contributed by atoms with Gasteiger partial charge in [0.2, 0.25) is 0 Å². The lowest BCUT2D eigenvalue weighted by molar-refractivity contribution is 0.0940. The predicted molar refractivity (Wildman–Crippen MR) is 86.5 cm³/mol. The molecule has 2 aromatic heterocycles. The second-order valence-corrected chi connectivity index (χ2v) is 6.49. The molecule has 4 N–H and O–H groups in total. The van der Waals surface area contributed by atoms with E-state index in [1.807, 2.05) is 13.8 Å². The van der Waals surface area contributed by atoms with Gasteiger partial charge in [-0.15, -0.1) is 11.3 Å². The maximum Gasteiger partial charge on any atom is 0.251 e. The zero-order valence-corrected chi connectivity index (χ0v) is 13.3.